The number of carbonyl (C=O) groups excluding carboxylic acids is 1. The van der Waals surface area contributed by atoms with Crippen LogP contribution in [0.3, 0.4) is 0 Å². The SMILES string of the molecule is N#CC1=CC(=N)/C(=C\NCc2nn(CC=O)c(=O)c3ccccc23)C=C1OCC(F)F. The van der Waals surface area contributed by atoms with E-state index in [0.717, 1.165) is 4.68 Å². The summed E-state index contributed by atoms with van der Waals surface area (Å²) in [7, 11) is 0. The van der Waals surface area contributed by atoms with Crippen molar-refractivity contribution in [1.82, 2.24) is 15.1 Å². The average molecular weight is 425 g/mol. The van der Waals surface area contributed by atoms with E-state index >= 15 is 0 Å². The molecule has 0 fully saturated rings. The molecule has 0 radical (unpaired) electrons. The Morgan fingerprint density at radius 3 is 2.71 bits per heavy atom. The molecule has 0 spiro atoms. The Morgan fingerprint density at radius 2 is 2.03 bits per heavy atom. The maximum Gasteiger partial charge on any atom is 0.275 e. The zero-order valence-corrected chi connectivity index (χ0v) is 16.1. The number of nitriles is 1. The van der Waals surface area contributed by atoms with E-state index in [-0.39, 0.29) is 35.7 Å². The number of rotatable bonds is 8. The first-order chi connectivity index (χ1) is 14.9. The molecule has 1 aromatic heterocycles. The van der Waals surface area contributed by atoms with Gasteiger partial charge in [0.25, 0.3) is 12.0 Å². The van der Waals surface area contributed by atoms with E-state index in [1.54, 1.807) is 24.3 Å². The lowest BCUT2D eigenvalue weighted by atomic mass is 10.00. The molecule has 0 aliphatic heterocycles. The van der Waals surface area contributed by atoms with Gasteiger partial charge in [-0.15, -0.1) is 0 Å². The fraction of sp³-hybridized carbons (Fsp3) is 0.190. The van der Waals surface area contributed by atoms with Crippen LogP contribution in [0.25, 0.3) is 10.8 Å². The van der Waals surface area contributed by atoms with Crippen molar-refractivity contribution in [3.63, 3.8) is 0 Å². The quantitative estimate of drug-likeness (QED) is 0.626. The van der Waals surface area contributed by atoms with Gasteiger partial charge in [-0.05, 0) is 18.2 Å². The number of nitrogens with one attached hydrogen (secondary N) is 2. The summed E-state index contributed by atoms with van der Waals surface area (Å²) < 4.78 is 30.9. The molecule has 31 heavy (non-hydrogen) atoms. The lowest BCUT2D eigenvalue weighted by Crippen LogP contribution is -2.26. The Morgan fingerprint density at radius 1 is 1.29 bits per heavy atom. The van der Waals surface area contributed by atoms with E-state index in [0.29, 0.717) is 28.3 Å². The standard InChI is InChI=1S/C21H17F2N5O3/c22-20(23)12-31-19-8-14(17(25)7-13(19)9-24)10-26-11-18-15-3-1-2-4-16(15)21(30)28(27-18)5-6-29/h1-4,6-8,10,20,25-26H,5,11-12H2/b14-10-,25-17?. The molecule has 3 rings (SSSR count). The summed E-state index contributed by atoms with van der Waals surface area (Å²) >= 11 is 0. The van der Waals surface area contributed by atoms with Crippen molar-refractivity contribution in [2.24, 2.45) is 0 Å². The number of aromatic nitrogens is 2. The van der Waals surface area contributed by atoms with Crippen molar-refractivity contribution in [1.29, 1.82) is 10.7 Å². The number of fused-ring (bicyclic) bond motifs is 1. The molecule has 2 aromatic rings. The van der Waals surface area contributed by atoms with Crippen molar-refractivity contribution < 1.29 is 18.3 Å². The summed E-state index contributed by atoms with van der Waals surface area (Å²) in [6, 6.07) is 8.67. The van der Waals surface area contributed by atoms with Crippen molar-refractivity contribution in [3.8, 4) is 6.07 Å². The summed E-state index contributed by atoms with van der Waals surface area (Å²) in [5.41, 5.74) is 0.418. The van der Waals surface area contributed by atoms with Crippen LogP contribution >= 0.6 is 0 Å². The van der Waals surface area contributed by atoms with E-state index in [2.05, 4.69) is 10.4 Å². The van der Waals surface area contributed by atoms with E-state index in [9.17, 15) is 18.4 Å². The topological polar surface area (TPSA) is 121 Å². The number of benzene rings is 1. The molecule has 1 aliphatic carbocycles. The van der Waals surface area contributed by atoms with E-state index in [4.69, 9.17) is 15.4 Å². The third-order valence-electron chi connectivity index (χ3n) is 4.36. The first kappa shape index (κ1) is 21.6. The number of hydrogen-bond acceptors (Lipinski definition) is 7. The van der Waals surface area contributed by atoms with Crippen LogP contribution in [0.1, 0.15) is 5.69 Å². The normalized spacial score (nSPS) is 14.9. The highest BCUT2D eigenvalue weighted by molar-refractivity contribution is 6.10. The molecule has 0 bridgehead atoms. The minimum atomic E-state index is -2.70. The zero-order valence-electron chi connectivity index (χ0n) is 16.1. The first-order valence-corrected chi connectivity index (χ1v) is 9.14. The van der Waals surface area contributed by atoms with Crippen LogP contribution < -0.4 is 10.9 Å². The smallest absolute Gasteiger partial charge is 0.275 e. The van der Waals surface area contributed by atoms with Crippen LogP contribution in [0.15, 0.2) is 64.3 Å². The van der Waals surface area contributed by atoms with Gasteiger partial charge in [-0.25, -0.2) is 13.5 Å². The Balaban J connectivity index is 1.86. The molecule has 0 saturated heterocycles. The Hall–Kier alpha value is -4.13. The van der Waals surface area contributed by atoms with Gasteiger partial charge in [0.1, 0.15) is 31.3 Å². The number of alkyl halides is 2. The summed E-state index contributed by atoms with van der Waals surface area (Å²) in [5.74, 6) is -0.0463. The molecule has 0 unspecified atom stereocenters. The third-order valence-corrected chi connectivity index (χ3v) is 4.36. The molecule has 0 atom stereocenters. The van der Waals surface area contributed by atoms with Crippen molar-refractivity contribution in [3.05, 3.63) is 75.6 Å². The van der Waals surface area contributed by atoms with Crippen LogP contribution in [0.2, 0.25) is 0 Å². The predicted octanol–water partition coefficient (Wildman–Crippen LogP) is 2.22. The minimum Gasteiger partial charge on any atom is -0.486 e. The third kappa shape index (κ3) is 4.90. The lowest BCUT2D eigenvalue weighted by Gasteiger charge is -2.15. The molecular weight excluding hydrogens is 408 g/mol. The predicted molar refractivity (Wildman–Crippen MR) is 108 cm³/mol. The Labute approximate surface area is 175 Å². The van der Waals surface area contributed by atoms with Gasteiger partial charge >= 0.3 is 0 Å². The molecule has 0 saturated carbocycles. The van der Waals surface area contributed by atoms with E-state index in [1.807, 2.05) is 6.07 Å². The number of aldehydes is 1. The van der Waals surface area contributed by atoms with Gasteiger partial charge in [0.15, 0.2) is 0 Å². The second-order valence-electron chi connectivity index (χ2n) is 6.42. The zero-order chi connectivity index (χ0) is 22.4. The van der Waals surface area contributed by atoms with Crippen LogP contribution in [0.4, 0.5) is 8.78 Å². The second kappa shape index (κ2) is 9.58. The van der Waals surface area contributed by atoms with Crippen LogP contribution in [-0.2, 0) is 22.6 Å². The molecule has 10 heteroatoms. The fourth-order valence-corrected chi connectivity index (χ4v) is 2.96. The number of allylic oxidation sites excluding steroid dienone is 4. The van der Waals surface area contributed by atoms with Crippen molar-refractivity contribution >= 4 is 22.8 Å². The highest BCUT2D eigenvalue weighted by Gasteiger charge is 2.18. The van der Waals surface area contributed by atoms with Crippen molar-refractivity contribution in [2.75, 3.05) is 6.61 Å². The first-order valence-electron chi connectivity index (χ1n) is 9.14. The van der Waals surface area contributed by atoms with Gasteiger partial charge in [-0.3, -0.25) is 4.79 Å². The van der Waals surface area contributed by atoms with Gasteiger partial charge in [0, 0.05) is 17.2 Å². The van der Waals surface area contributed by atoms with Crippen LogP contribution in [0, 0.1) is 16.7 Å². The van der Waals surface area contributed by atoms with Gasteiger partial charge in [0.2, 0.25) is 0 Å². The Kier molecular flexibility index (Phi) is 6.67. The molecular formula is C21H17F2N5O3. The van der Waals surface area contributed by atoms with Gasteiger partial charge < -0.3 is 20.3 Å². The minimum absolute atomic E-state index is 0.00260. The molecule has 158 valence electrons. The summed E-state index contributed by atoms with van der Waals surface area (Å²) in [6.45, 7) is -0.892. The molecule has 0 amide bonds. The molecule has 1 heterocycles. The van der Waals surface area contributed by atoms with Crippen molar-refractivity contribution in [2.45, 2.75) is 19.5 Å². The summed E-state index contributed by atoms with van der Waals surface area (Å²) in [5, 5.41) is 25.4. The van der Waals surface area contributed by atoms with Gasteiger partial charge in [0.05, 0.1) is 28.9 Å². The molecule has 1 aromatic carbocycles. The number of carbonyl (C=O) groups is 1. The highest BCUT2D eigenvalue weighted by atomic mass is 19.3. The second-order valence-corrected chi connectivity index (χ2v) is 6.42. The number of ether oxygens (including phenoxy) is 1. The lowest BCUT2D eigenvalue weighted by molar-refractivity contribution is -0.108. The molecule has 1 aliphatic rings. The molecule has 2 N–H and O–H groups in total. The maximum absolute atomic E-state index is 12.5. The van der Waals surface area contributed by atoms with Gasteiger partial charge in [-0.1, -0.05) is 18.2 Å². The van der Waals surface area contributed by atoms with E-state index < -0.39 is 13.0 Å². The number of halogens is 2. The highest BCUT2D eigenvalue weighted by Crippen LogP contribution is 2.21. The maximum atomic E-state index is 12.5. The monoisotopic (exact) mass is 425 g/mol. The average Bonchev–Trinajstić information content (AvgIpc) is 2.76. The number of hydrogen-bond donors (Lipinski definition) is 2. The Bertz CT molecular complexity index is 1220. The summed E-state index contributed by atoms with van der Waals surface area (Å²) in [4.78, 5) is 23.3. The number of nitrogens with zero attached hydrogens (tertiary/aromatic N) is 3. The fourth-order valence-electron chi connectivity index (χ4n) is 2.96. The van der Waals surface area contributed by atoms with Crippen LogP contribution in [-0.4, -0.2) is 34.8 Å². The van der Waals surface area contributed by atoms with Crippen LogP contribution in [0.5, 0.6) is 0 Å². The molecule has 8 nitrogen and oxygen atoms in total. The van der Waals surface area contributed by atoms with E-state index in [1.165, 1.54) is 18.4 Å². The largest absolute Gasteiger partial charge is 0.486 e. The summed E-state index contributed by atoms with van der Waals surface area (Å²) in [6.07, 6.45) is 1.90. The van der Waals surface area contributed by atoms with Gasteiger partial charge in [-0.2, -0.15) is 10.4 Å².